The fourth-order valence-corrected chi connectivity index (χ4v) is 1.35. The van der Waals surface area contributed by atoms with Gasteiger partial charge in [0.15, 0.2) is 11.6 Å². The molecule has 0 bridgehead atoms. The van der Waals surface area contributed by atoms with E-state index in [1.165, 1.54) is 0 Å². The summed E-state index contributed by atoms with van der Waals surface area (Å²) in [5, 5.41) is 8.76. The van der Waals surface area contributed by atoms with Gasteiger partial charge in [-0.3, -0.25) is 0 Å². The minimum Gasteiger partial charge on any atom is -0.506 e. The molecule has 1 aromatic carbocycles. The number of hydrogen-bond acceptors (Lipinski definition) is 2. The molecule has 0 aromatic heterocycles. The van der Waals surface area contributed by atoms with E-state index in [1.807, 2.05) is 0 Å². The third kappa shape index (κ3) is 2.13. The second-order valence-corrected chi connectivity index (χ2v) is 3.55. The van der Waals surface area contributed by atoms with Gasteiger partial charge >= 0.3 is 0 Å². The molecular weight excluding hydrogens is 212 g/mol. The van der Waals surface area contributed by atoms with Gasteiger partial charge in [0.25, 0.3) is 0 Å². The van der Waals surface area contributed by atoms with Crippen molar-refractivity contribution >= 4 is 11.6 Å². The maximum Gasteiger partial charge on any atom is 0.181 e. The number of aromatic hydroxyl groups is 1. The highest BCUT2D eigenvalue weighted by Crippen LogP contribution is 2.32. The van der Waals surface area contributed by atoms with Crippen LogP contribution >= 0.6 is 11.6 Å². The van der Waals surface area contributed by atoms with Crippen molar-refractivity contribution in [3.63, 3.8) is 0 Å². The molecule has 0 amide bonds. The van der Waals surface area contributed by atoms with Crippen LogP contribution in [0, 0.1) is 11.6 Å². The summed E-state index contributed by atoms with van der Waals surface area (Å²) < 4.78 is 25.7. The Hall–Kier alpha value is -0.870. The van der Waals surface area contributed by atoms with Crippen LogP contribution < -0.4 is 5.73 Å². The van der Waals surface area contributed by atoms with Crippen LogP contribution in [0.25, 0.3) is 0 Å². The first-order chi connectivity index (χ1) is 6.43. The van der Waals surface area contributed by atoms with Gasteiger partial charge in [-0.1, -0.05) is 11.6 Å². The van der Waals surface area contributed by atoms with E-state index in [9.17, 15) is 13.9 Å². The van der Waals surface area contributed by atoms with E-state index in [0.29, 0.717) is 0 Å². The molecule has 1 aromatic rings. The summed E-state index contributed by atoms with van der Waals surface area (Å²) in [6, 6.07) is 0.640. The monoisotopic (exact) mass is 221 g/mol. The van der Waals surface area contributed by atoms with Crippen LogP contribution in [0.4, 0.5) is 8.78 Å². The van der Waals surface area contributed by atoms with Crippen molar-refractivity contribution in [3.05, 3.63) is 28.3 Å². The summed E-state index contributed by atoms with van der Waals surface area (Å²) in [6.07, 6.45) is 0.239. The quantitative estimate of drug-likeness (QED) is 0.753. The fraction of sp³-hybridized carbons (Fsp3) is 0.333. The Balaban J connectivity index is 3.19. The van der Waals surface area contributed by atoms with Gasteiger partial charge in [0.05, 0.1) is 0 Å². The third-order valence-corrected chi connectivity index (χ3v) is 2.10. The first kappa shape index (κ1) is 11.2. The Morgan fingerprint density at radius 2 is 2.14 bits per heavy atom. The first-order valence-corrected chi connectivity index (χ1v) is 4.42. The van der Waals surface area contributed by atoms with Crippen LogP contribution in [0.15, 0.2) is 6.07 Å². The number of halogens is 3. The van der Waals surface area contributed by atoms with E-state index in [-0.39, 0.29) is 18.0 Å². The van der Waals surface area contributed by atoms with Crippen molar-refractivity contribution in [1.82, 2.24) is 0 Å². The molecule has 2 nitrogen and oxygen atoms in total. The summed E-state index contributed by atoms with van der Waals surface area (Å²) in [5.74, 6) is -2.76. The summed E-state index contributed by atoms with van der Waals surface area (Å²) in [6.45, 7) is 1.69. The lowest BCUT2D eigenvalue weighted by atomic mass is 10.1. The van der Waals surface area contributed by atoms with Gasteiger partial charge in [0.2, 0.25) is 0 Å². The van der Waals surface area contributed by atoms with Gasteiger partial charge in [-0.15, -0.1) is 0 Å². The predicted octanol–water partition coefficient (Wildman–Crippen LogP) is 2.21. The summed E-state index contributed by atoms with van der Waals surface area (Å²) >= 11 is 5.37. The molecule has 3 N–H and O–H groups in total. The molecule has 5 heteroatoms. The molecule has 1 unspecified atom stereocenters. The van der Waals surface area contributed by atoms with Gasteiger partial charge in [-0.05, 0) is 19.4 Å². The van der Waals surface area contributed by atoms with Crippen molar-refractivity contribution < 1.29 is 13.9 Å². The standard InChI is InChI=1S/C9H10ClF2NO/c1-4(13)2-5-3-6(11)8(12)7(10)9(5)14/h3-4,14H,2,13H2,1H3. The molecule has 78 valence electrons. The molecule has 0 fully saturated rings. The molecule has 0 heterocycles. The highest BCUT2D eigenvalue weighted by molar-refractivity contribution is 6.32. The van der Waals surface area contributed by atoms with E-state index in [0.717, 1.165) is 6.07 Å². The lowest BCUT2D eigenvalue weighted by Gasteiger charge is -2.09. The van der Waals surface area contributed by atoms with Crippen LogP contribution in [-0.4, -0.2) is 11.1 Å². The lowest BCUT2D eigenvalue weighted by Crippen LogP contribution is -2.18. The Labute approximate surface area is 85.3 Å². The largest absolute Gasteiger partial charge is 0.506 e. The number of nitrogens with two attached hydrogens (primary N) is 1. The summed E-state index contributed by atoms with van der Waals surface area (Å²) in [5.41, 5.74) is 5.67. The zero-order valence-corrected chi connectivity index (χ0v) is 8.28. The minimum atomic E-state index is -1.24. The first-order valence-electron chi connectivity index (χ1n) is 4.04. The van der Waals surface area contributed by atoms with E-state index in [4.69, 9.17) is 17.3 Å². The van der Waals surface area contributed by atoms with Crippen LogP contribution in [0.1, 0.15) is 12.5 Å². The Morgan fingerprint density at radius 1 is 1.57 bits per heavy atom. The average Bonchev–Trinajstić information content (AvgIpc) is 2.10. The van der Waals surface area contributed by atoms with Crippen molar-refractivity contribution in [2.45, 2.75) is 19.4 Å². The average molecular weight is 222 g/mol. The Bertz CT molecular complexity index is 355. The van der Waals surface area contributed by atoms with Gasteiger partial charge in [0.1, 0.15) is 10.8 Å². The molecule has 14 heavy (non-hydrogen) atoms. The molecule has 0 aliphatic carbocycles. The summed E-state index contributed by atoms with van der Waals surface area (Å²) in [4.78, 5) is 0. The van der Waals surface area contributed by atoms with E-state index in [2.05, 4.69) is 0 Å². The Kier molecular flexibility index (Phi) is 3.29. The molecule has 0 spiro atoms. The smallest absolute Gasteiger partial charge is 0.181 e. The van der Waals surface area contributed by atoms with E-state index >= 15 is 0 Å². The predicted molar refractivity (Wildman–Crippen MR) is 50.4 cm³/mol. The SMILES string of the molecule is CC(N)Cc1cc(F)c(F)c(Cl)c1O. The third-order valence-electron chi connectivity index (χ3n) is 1.76. The molecule has 0 radical (unpaired) electrons. The highest BCUT2D eigenvalue weighted by atomic mass is 35.5. The van der Waals surface area contributed by atoms with Crippen LogP contribution in [-0.2, 0) is 6.42 Å². The molecule has 1 atom stereocenters. The van der Waals surface area contributed by atoms with Crippen molar-refractivity contribution in [1.29, 1.82) is 0 Å². The van der Waals surface area contributed by atoms with E-state index < -0.39 is 22.4 Å². The number of phenolic OH excluding ortho intramolecular Hbond substituents is 1. The topological polar surface area (TPSA) is 46.2 Å². The number of hydrogen-bond donors (Lipinski definition) is 2. The Morgan fingerprint density at radius 3 is 2.64 bits per heavy atom. The maximum atomic E-state index is 12.9. The number of phenols is 1. The van der Waals surface area contributed by atoms with Crippen LogP contribution in [0.5, 0.6) is 5.75 Å². The molecular formula is C9H10ClF2NO. The zero-order valence-electron chi connectivity index (χ0n) is 7.52. The highest BCUT2D eigenvalue weighted by Gasteiger charge is 2.16. The molecule has 0 saturated carbocycles. The van der Waals surface area contributed by atoms with Crippen LogP contribution in [0.3, 0.4) is 0 Å². The van der Waals surface area contributed by atoms with Gasteiger partial charge in [-0.2, -0.15) is 0 Å². The van der Waals surface area contributed by atoms with Crippen molar-refractivity contribution in [3.8, 4) is 5.75 Å². The lowest BCUT2D eigenvalue weighted by molar-refractivity contribution is 0.445. The zero-order chi connectivity index (χ0) is 10.9. The van der Waals surface area contributed by atoms with Crippen LogP contribution in [0.2, 0.25) is 5.02 Å². The number of benzene rings is 1. The second-order valence-electron chi connectivity index (χ2n) is 3.18. The van der Waals surface area contributed by atoms with Gasteiger partial charge < -0.3 is 10.8 Å². The van der Waals surface area contributed by atoms with Gasteiger partial charge in [0, 0.05) is 11.6 Å². The second kappa shape index (κ2) is 4.11. The maximum absolute atomic E-state index is 12.9. The minimum absolute atomic E-state index is 0.212. The number of rotatable bonds is 2. The summed E-state index contributed by atoms with van der Waals surface area (Å²) in [7, 11) is 0. The van der Waals surface area contributed by atoms with Crippen molar-refractivity contribution in [2.75, 3.05) is 0 Å². The van der Waals surface area contributed by atoms with Gasteiger partial charge in [-0.25, -0.2) is 8.78 Å². The molecule has 0 saturated heterocycles. The molecule has 0 aliphatic rings. The molecule has 0 aliphatic heterocycles. The normalized spacial score (nSPS) is 12.9. The van der Waals surface area contributed by atoms with E-state index in [1.54, 1.807) is 6.92 Å². The molecule has 1 rings (SSSR count). The fourth-order valence-electron chi connectivity index (χ4n) is 1.14. The van der Waals surface area contributed by atoms with Crippen molar-refractivity contribution in [2.24, 2.45) is 5.73 Å².